The van der Waals surface area contributed by atoms with Crippen LogP contribution in [0.4, 0.5) is 11.6 Å². The van der Waals surface area contributed by atoms with Gasteiger partial charge in [0.25, 0.3) is 0 Å². The third kappa shape index (κ3) is 3.51. The summed E-state index contributed by atoms with van der Waals surface area (Å²) in [6.45, 7) is 3.44. The van der Waals surface area contributed by atoms with Crippen LogP contribution in [-0.2, 0) is 23.3 Å². The first-order valence-electron chi connectivity index (χ1n) is 9.92. The Morgan fingerprint density at radius 1 is 1.41 bits per heavy atom. The largest absolute Gasteiger partial charge is 0.502 e. The lowest BCUT2D eigenvalue weighted by atomic mass is 9.80. The predicted octanol–water partition coefficient (Wildman–Crippen LogP) is 2.34. The molecule has 2 aliphatic heterocycles. The second-order valence-electron chi connectivity index (χ2n) is 8.30. The van der Waals surface area contributed by atoms with Gasteiger partial charge in [0.05, 0.1) is 29.2 Å². The molecule has 1 saturated carbocycles. The Morgan fingerprint density at radius 3 is 3.03 bits per heavy atom. The van der Waals surface area contributed by atoms with Gasteiger partial charge in [0.15, 0.2) is 5.75 Å². The summed E-state index contributed by atoms with van der Waals surface area (Å²) in [6.07, 6.45) is 5.15. The fourth-order valence-electron chi connectivity index (χ4n) is 4.36. The van der Waals surface area contributed by atoms with Crippen molar-refractivity contribution in [1.29, 1.82) is 0 Å². The molecular formula is C20H23N5O4. The summed E-state index contributed by atoms with van der Waals surface area (Å²) < 4.78 is 5.88. The topological polar surface area (TPSA) is 114 Å². The van der Waals surface area contributed by atoms with Gasteiger partial charge in [-0.15, -0.1) is 0 Å². The van der Waals surface area contributed by atoms with Crippen molar-refractivity contribution in [3.8, 4) is 5.75 Å². The molecule has 1 aromatic heterocycles. The molecule has 0 radical (unpaired) electrons. The van der Waals surface area contributed by atoms with Gasteiger partial charge in [-0.1, -0.05) is 6.07 Å². The van der Waals surface area contributed by atoms with E-state index >= 15 is 0 Å². The van der Waals surface area contributed by atoms with Crippen LogP contribution < -0.4 is 5.32 Å². The highest BCUT2D eigenvalue weighted by molar-refractivity contribution is 5.47. The zero-order valence-corrected chi connectivity index (χ0v) is 16.0. The summed E-state index contributed by atoms with van der Waals surface area (Å²) in [6, 6.07) is 5.04. The number of rotatable bonds is 5. The Hall–Kier alpha value is -2.78. The molecule has 1 spiro atoms. The molecule has 2 N–H and O–H groups in total. The average Bonchev–Trinajstić information content (AvgIpc) is 3.42. The summed E-state index contributed by atoms with van der Waals surface area (Å²) in [4.78, 5) is 21.9. The second-order valence-corrected chi connectivity index (χ2v) is 8.30. The highest BCUT2D eigenvalue weighted by atomic mass is 16.6. The smallest absolute Gasteiger partial charge is 0.310 e. The summed E-state index contributed by atoms with van der Waals surface area (Å²) in [7, 11) is 0. The minimum Gasteiger partial charge on any atom is -0.502 e. The lowest BCUT2D eigenvalue weighted by Gasteiger charge is -2.34. The number of hydrogen-bond donors (Lipinski definition) is 2. The van der Waals surface area contributed by atoms with Gasteiger partial charge in [-0.2, -0.15) is 0 Å². The number of fused-ring (bicyclic) bond motifs is 2. The third-order valence-electron chi connectivity index (χ3n) is 5.99. The molecule has 3 aliphatic rings. The van der Waals surface area contributed by atoms with Crippen LogP contribution in [-0.4, -0.2) is 50.6 Å². The van der Waals surface area contributed by atoms with E-state index in [-0.39, 0.29) is 16.9 Å². The van der Waals surface area contributed by atoms with Crippen LogP contribution >= 0.6 is 0 Å². The van der Waals surface area contributed by atoms with E-state index in [4.69, 9.17) is 9.72 Å². The number of nitrogens with zero attached hydrogens (tertiary/aromatic N) is 4. The van der Waals surface area contributed by atoms with Crippen molar-refractivity contribution in [2.24, 2.45) is 0 Å². The SMILES string of the molecule is O=[N+]([O-])c1ccc(CN2CC[C@@]3(COCc4cnc(NC5CC5)nc43)C2)cc1O. The van der Waals surface area contributed by atoms with Crippen LogP contribution in [0.15, 0.2) is 24.4 Å². The van der Waals surface area contributed by atoms with Crippen LogP contribution in [0.1, 0.15) is 36.1 Å². The Bertz CT molecular complexity index is 964. The standard InChI is InChI=1S/C20H23N5O4/c26-17-7-13(1-4-16(17)25(27)28)9-24-6-5-20(11-24)12-29-10-14-8-21-19(23-18(14)20)22-15-2-3-15/h1,4,7-8,15,26H,2-3,5-6,9-12H2,(H,21,22,23)/t20-/m0/s1. The van der Waals surface area contributed by atoms with Gasteiger partial charge in [-0.3, -0.25) is 15.0 Å². The number of nitrogens with one attached hydrogen (secondary N) is 1. The average molecular weight is 397 g/mol. The van der Waals surface area contributed by atoms with E-state index in [0.29, 0.717) is 31.7 Å². The molecule has 1 aliphatic carbocycles. The molecule has 2 fully saturated rings. The van der Waals surface area contributed by atoms with E-state index in [2.05, 4.69) is 15.2 Å². The highest BCUT2D eigenvalue weighted by Crippen LogP contribution is 2.40. The van der Waals surface area contributed by atoms with Crippen molar-refractivity contribution >= 4 is 11.6 Å². The summed E-state index contributed by atoms with van der Waals surface area (Å²) in [5.74, 6) is 0.405. The van der Waals surface area contributed by atoms with Crippen LogP contribution in [0.5, 0.6) is 5.75 Å². The number of benzene rings is 1. The number of hydrogen-bond acceptors (Lipinski definition) is 8. The van der Waals surface area contributed by atoms with Crippen LogP contribution in [0, 0.1) is 10.1 Å². The van der Waals surface area contributed by atoms with Crippen molar-refractivity contribution in [1.82, 2.24) is 14.9 Å². The Balaban J connectivity index is 1.35. The molecule has 9 nitrogen and oxygen atoms in total. The van der Waals surface area contributed by atoms with Gasteiger partial charge in [0, 0.05) is 37.0 Å². The third-order valence-corrected chi connectivity index (χ3v) is 5.99. The van der Waals surface area contributed by atoms with Crippen molar-refractivity contribution in [2.45, 2.75) is 43.9 Å². The molecule has 5 rings (SSSR count). The summed E-state index contributed by atoms with van der Waals surface area (Å²) in [5.41, 5.74) is 2.54. The van der Waals surface area contributed by atoms with Crippen molar-refractivity contribution in [3.63, 3.8) is 0 Å². The van der Waals surface area contributed by atoms with E-state index in [9.17, 15) is 15.2 Å². The van der Waals surface area contributed by atoms with Gasteiger partial charge in [0.2, 0.25) is 5.95 Å². The molecule has 1 saturated heterocycles. The Morgan fingerprint density at radius 2 is 2.28 bits per heavy atom. The van der Waals surface area contributed by atoms with E-state index in [1.165, 1.54) is 25.0 Å². The molecule has 0 bridgehead atoms. The Kier molecular flexibility index (Phi) is 4.36. The molecule has 152 valence electrons. The zero-order chi connectivity index (χ0) is 20.0. The maximum absolute atomic E-state index is 10.9. The molecule has 1 aromatic carbocycles. The van der Waals surface area contributed by atoms with Gasteiger partial charge in [-0.05, 0) is 37.4 Å². The minimum absolute atomic E-state index is 0.167. The molecule has 3 heterocycles. The monoisotopic (exact) mass is 397 g/mol. The summed E-state index contributed by atoms with van der Waals surface area (Å²) >= 11 is 0. The zero-order valence-electron chi connectivity index (χ0n) is 16.0. The summed E-state index contributed by atoms with van der Waals surface area (Å²) in [5, 5.41) is 24.2. The molecule has 1 atom stereocenters. The first kappa shape index (κ1) is 18.3. The molecule has 0 unspecified atom stereocenters. The van der Waals surface area contributed by atoms with Crippen molar-refractivity contribution in [3.05, 3.63) is 51.3 Å². The van der Waals surface area contributed by atoms with E-state index in [1.54, 1.807) is 6.07 Å². The second kappa shape index (κ2) is 6.93. The fourth-order valence-corrected chi connectivity index (χ4v) is 4.36. The normalized spacial score (nSPS) is 23.9. The molecular weight excluding hydrogens is 374 g/mol. The van der Waals surface area contributed by atoms with Crippen molar-refractivity contribution < 1.29 is 14.8 Å². The van der Waals surface area contributed by atoms with Crippen LogP contribution in [0.25, 0.3) is 0 Å². The number of nitro benzene ring substituents is 1. The maximum Gasteiger partial charge on any atom is 0.310 e. The minimum atomic E-state index is -0.576. The Labute approximate surface area is 167 Å². The highest BCUT2D eigenvalue weighted by Gasteiger charge is 2.45. The number of phenolic OH excluding ortho intramolecular Hbond substituents is 1. The van der Waals surface area contributed by atoms with Gasteiger partial charge >= 0.3 is 5.69 Å². The number of phenols is 1. The van der Waals surface area contributed by atoms with Crippen LogP contribution in [0.3, 0.4) is 0 Å². The maximum atomic E-state index is 10.9. The lowest BCUT2D eigenvalue weighted by molar-refractivity contribution is -0.385. The number of likely N-dealkylation sites (tertiary alicyclic amines) is 1. The number of nitro groups is 1. The molecule has 2 aromatic rings. The molecule has 29 heavy (non-hydrogen) atoms. The number of aromatic nitrogens is 2. The number of ether oxygens (including phenoxy) is 1. The van der Waals surface area contributed by atoms with E-state index in [1.807, 2.05) is 6.20 Å². The van der Waals surface area contributed by atoms with E-state index < -0.39 is 4.92 Å². The molecule has 9 heteroatoms. The quantitative estimate of drug-likeness (QED) is 0.584. The predicted molar refractivity (Wildman–Crippen MR) is 105 cm³/mol. The fraction of sp³-hybridized carbons (Fsp3) is 0.500. The van der Waals surface area contributed by atoms with Crippen molar-refractivity contribution in [2.75, 3.05) is 25.0 Å². The van der Waals surface area contributed by atoms with Gasteiger partial charge in [-0.25, -0.2) is 9.97 Å². The van der Waals surface area contributed by atoms with Crippen LogP contribution in [0.2, 0.25) is 0 Å². The van der Waals surface area contributed by atoms with Gasteiger partial charge < -0.3 is 15.2 Å². The first-order valence-corrected chi connectivity index (χ1v) is 9.92. The first-order chi connectivity index (χ1) is 14.0. The molecule has 0 amide bonds. The lowest BCUT2D eigenvalue weighted by Crippen LogP contribution is -2.40. The number of anilines is 1. The number of aromatic hydroxyl groups is 1. The van der Waals surface area contributed by atoms with E-state index in [0.717, 1.165) is 36.3 Å². The van der Waals surface area contributed by atoms with Gasteiger partial charge in [0.1, 0.15) is 0 Å².